The third kappa shape index (κ3) is 4.01. The Morgan fingerprint density at radius 1 is 1.21 bits per heavy atom. The molecule has 0 N–H and O–H groups in total. The van der Waals surface area contributed by atoms with Crippen molar-refractivity contribution < 1.29 is 9.15 Å². The Kier molecular flexibility index (Phi) is 5.60. The van der Waals surface area contributed by atoms with Gasteiger partial charge in [-0.1, -0.05) is 17.7 Å². The number of aryl methyl sites for hydroxylation is 1. The SMILES string of the molecule is COCCN1CCN([C@@H](C)c2nnc(-c3cccc(C)c3)o2)CC1. The van der Waals surface area contributed by atoms with Crippen molar-refractivity contribution in [2.45, 2.75) is 19.9 Å². The molecule has 6 heteroatoms. The van der Waals surface area contributed by atoms with Gasteiger partial charge in [-0.3, -0.25) is 9.80 Å². The summed E-state index contributed by atoms with van der Waals surface area (Å²) in [7, 11) is 1.75. The first-order valence-corrected chi connectivity index (χ1v) is 8.53. The molecule has 0 amide bonds. The Morgan fingerprint density at radius 2 is 2.00 bits per heavy atom. The van der Waals surface area contributed by atoms with Crippen LogP contribution in [0.1, 0.15) is 24.4 Å². The largest absolute Gasteiger partial charge is 0.419 e. The van der Waals surface area contributed by atoms with Crippen molar-refractivity contribution in [1.82, 2.24) is 20.0 Å². The molecule has 24 heavy (non-hydrogen) atoms. The predicted octanol–water partition coefficient (Wildman–Crippen LogP) is 2.37. The van der Waals surface area contributed by atoms with Gasteiger partial charge in [-0.05, 0) is 26.0 Å². The summed E-state index contributed by atoms with van der Waals surface area (Å²) in [4.78, 5) is 4.83. The second-order valence-electron chi connectivity index (χ2n) is 6.36. The minimum Gasteiger partial charge on any atom is -0.419 e. The highest BCUT2D eigenvalue weighted by Crippen LogP contribution is 2.25. The number of piperazine rings is 1. The van der Waals surface area contributed by atoms with E-state index in [1.54, 1.807) is 7.11 Å². The summed E-state index contributed by atoms with van der Waals surface area (Å²) in [5.74, 6) is 1.29. The number of aromatic nitrogens is 2. The molecular weight excluding hydrogens is 304 g/mol. The lowest BCUT2D eigenvalue weighted by Crippen LogP contribution is -2.47. The third-order valence-electron chi connectivity index (χ3n) is 4.63. The zero-order chi connectivity index (χ0) is 16.9. The van der Waals surface area contributed by atoms with E-state index in [0.29, 0.717) is 11.8 Å². The van der Waals surface area contributed by atoms with Crippen LogP contribution in [0.5, 0.6) is 0 Å². The zero-order valence-corrected chi connectivity index (χ0v) is 14.7. The average Bonchev–Trinajstić information content (AvgIpc) is 3.10. The molecule has 1 aromatic carbocycles. The van der Waals surface area contributed by atoms with E-state index >= 15 is 0 Å². The number of nitrogens with zero attached hydrogens (tertiary/aromatic N) is 4. The molecule has 0 aliphatic carbocycles. The van der Waals surface area contributed by atoms with Crippen LogP contribution in [-0.4, -0.2) is 66.4 Å². The van der Waals surface area contributed by atoms with Gasteiger partial charge in [-0.2, -0.15) is 0 Å². The zero-order valence-electron chi connectivity index (χ0n) is 14.7. The Morgan fingerprint density at radius 3 is 2.71 bits per heavy atom. The minimum atomic E-state index is 0.139. The second-order valence-corrected chi connectivity index (χ2v) is 6.36. The van der Waals surface area contributed by atoms with Crippen molar-refractivity contribution >= 4 is 0 Å². The lowest BCUT2D eigenvalue weighted by atomic mass is 10.1. The molecule has 1 aliphatic rings. The van der Waals surface area contributed by atoms with Crippen LogP contribution in [0.25, 0.3) is 11.5 Å². The van der Waals surface area contributed by atoms with Gasteiger partial charge in [0.2, 0.25) is 11.8 Å². The van der Waals surface area contributed by atoms with Crippen LogP contribution in [0, 0.1) is 6.92 Å². The molecule has 0 unspecified atom stereocenters. The summed E-state index contributed by atoms with van der Waals surface area (Å²) in [5, 5.41) is 8.50. The predicted molar refractivity (Wildman–Crippen MR) is 92.8 cm³/mol. The molecule has 1 atom stereocenters. The molecular formula is C18H26N4O2. The second kappa shape index (κ2) is 7.88. The number of benzene rings is 1. The monoisotopic (exact) mass is 330 g/mol. The molecule has 0 radical (unpaired) electrons. The maximum absolute atomic E-state index is 5.93. The Bertz CT molecular complexity index is 650. The smallest absolute Gasteiger partial charge is 0.247 e. The molecule has 1 aromatic heterocycles. The van der Waals surface area contributed by atoms with E-state index in [9.17, 15) is 0 Å². The van der Waals surface area contributed by atoms with E-state index in [-0.39, 0.29) is 6.04 Å². The summed E-state index contributed by atoms with van der Waals surface area (Å²) < 4.78 is 11.1. The molecule has 130 valence electrons. The van der Waals surface area contributed by atoms with Crippen LogP contribution in [0.4, 0.5) is 0 Å². The topological polar surface area (TPSA) is 54.6 Å². The first kappa shape index (κ1) is 17.1. The van der Waals surface area contributed by atoms with Crippen molar-refractivity contribution in [3.05, 3.63) is 35.7 Å². The molecule has 1 aliphatic heterocycles. The van der Waals surface area contributed by atoms with Gasteiger partial charge in [0.1, 0.15) is 0 Å². The summed E-state index contributed by atoms with van der Waals surface area (Å²) in [6.45, 7) is 10.1. The first-order valence-electron chi connectivity index (χ1n) is 8.53. The van der Waals surface area contributed by atoms with Crippen molar-refractivity contribution in [3.8, 4) is 11.5 Å². The van der Waals surface area contributed by atoms with Gasteiger partial charge in [0.15, 0.2) is 0 Å². The van der Waals surface area contributed by atoms with E-state index < -0.39 is 0 Å². The van der Waals surface area contributed by atoms with Crippen molar-refractivity contribution in [1.29, 1.82) is 0 Å². The summed E-state index contributed by atoms with van der Waals surface area (Å²) in [6.07, 6.45) is 0. The quantitative estimate of drug-likeness (QED) is 0.810. The van der Waals surface area contributed by atoms with Crippen LogP contribution in [-0.2, 0) is 4.74 Å². The van der Waals surface area contributed by atoms with Crippen LogP contribution < -0.4 is 0 Å². The molecule has 6 nitrogen and oxygen atoms in total. The standard InChI is InChI=1S/C18H26N4O2/c1-14-5-4-6-16(13-14)18-20-19-17(24-18)15(2)22-9-7-21(8-10-22)11-12-23-3/h4-6,13,15H,7-12H2,1-3H3/t15-/m0/s1. The van der Waals surface area contributed by atoms with Crippen LogP contribution in [0.3, 0.4) is 0 Å². The van der Waals surface area contributed by atoms with Gasteiger partial charge in [0.05, 0.1) is 12.6 Å². The highest BCUT2D eigenvalue weighted by molar-refractivity contribution is 5.53. The van der Waals surface area contributed by atoms with E-state index in [1.165, 1.54) is 5.56 Å². The highest BCUT2D eigenvalue weighted by atomic mass is 16.5. The number of hydrogen-bond acceptors (Lipinski definition) is 6. The maximum Gasteiger partial charge on any atom is 0.247 e. The number of hydrogen-bond donors (Lipinski definition) is 0. The van der Waals surface area contributed by atoms with Gasteiger partial charge < -0.3 is 9.15 Å². The third-order valence-corrected chi connectivity index (χ3v) is 4.63. The number of methoxy groups -OCH3 is 1. The average molecular weight is 330 g/mol. The Labute approximate surface area is 143 Å². The minimum absolute atomic E-state index is 0.139. The molecule has 2 aromatic rings. The number of ether oxygens (including phenoxy) is 1. The van der Waals surface area contributed by atoms with E-state index in [2.05, 4.69) is 46.0 Å². The van der Waals surface area contributed by atoms with Gasteiger partial charge >= 0.3 is 0 Å². The van der Waals surface area contributed by atoms with Gasteiger partial charge in [-0.25, -0.2) is 0 Å². The molecule has 2 heterocycles. The lowest BCUT2D eigenvalue weighted by Gasteiger charge is -2.36. The molecule has 1 fully saturated rings. The van der Waals surface area contributed by atoms with E-state index in [1.807, 2.05) is 12.1 Å². The summed E-state index contributed by atoms with van der Waals surface area (Å²) in [6, 6.07) is 8.28. The fourth-order valence-corrected chi connectivity index (χ4v) is 3.05. The summed E-state index contributed by atoms with van der Waals surface area (Å²) >= 11 is 0. The highest BCUT2D eigenvalue weighted by Gasteiger charge is 2.25. The Hall–Kier alpha value is -1.76. The van der Waals surface area contributed by atoms with Crippen LogP contribution >= 0.6 is 0 Å². The first-order chi connectivity index (χ1) is 11.7. The fraction of sp³-hybridized carbons (Fsp3) is 0.556. The fourth-order valence-electron chi connectivity index (χ4n) is 3.05. The van der Waals surface area contributed by atoms with E-state index in [0.717, 1.165) is 44.9 Å². The maximum atomic E-state index is 5.93. The van der Waals surface area contributed by atoms with Crippen molar-refractivity contribution in [2.24, 2.45) is 0 Å². The lowest BCUT2D eigenvalue weighted by molar-refractivity contribution is 0.0717. The molecule has 3 rings (SSSR count). The molecule has 0 spiro atoms. The van der Waals surface area contributed by atoms with Gasteiger partial charge in [-0.15, -0.1) is 10.2 Å². The Balaban J connectivity index is 1.61. The van der Waals surface area contributed by atoms with Crippen molar-refractivity contribution in [2.75, 3.05) is 46.4 Å². The molecule has 0 saturated carbocycles. The van der Waals surface area contributed by atoms with Crippen molar-refractivity contribution in [3.63, 3.8) is 0 Å². The van der Waals surface area contributed by atoms with Crippen LogP contribution in [0.15, 0.2) is 28.7 Å². The normalized spacial score (nSPS) is 18.0. The molecule has 1 saturated heterocycles. The van der Waals surface area contributed by atoms with Gasteiger partial charge in [0, 0.05) is 45.4 Å². The van der Waals surface area contributed by atoms with Crippen LogP contribution in [0.2, 0.25) is 0 Å². The molecule has 0 bridgehead atoms. The summed E-state index contributed by atoms with van der Waals surface area (Å²) in [5.41, 5.74) is 2.16. The number of rotatable bonds is 6. The van der Waals surface area contributed by atoms with E-state index in [4.69, 9.17) is 9.15 Å². The van der Waals surface area contributed by atoms with Gasteiger partial charge in [0.25, 0.3) is 0 Å².